The SMILES string of the molecule is Cc1ccc(Nc2cnn(C)c2)cc1C(=O)NC(C)c1cccc(-c2ccc(C=O)s2)c1. The van der Waals surface area contributed by atoms with Crippen LogP contribution in [-0.4, -0.2) is 22.0 Å². The van der Waals surface area contributed by atoms with E-state index in [-0.39, 0.29) is 11.9 Å². The molecule has 32 heavy (non-hydrogen) atoms. The van der Waals surface area contributed by atoms with Crippen LogP contribution in [0.25, 0.3) is 10.4 Å². The maximum atomic E-state index is 13.1. The Balaban J connectivity index is 1.50. The van der Waals surface area contributed by atoms with Gasteiger partial charge in [-0.15, -0.1) is 11.3 Å². The van der Waals surface area contributed by atoms with Gasteiger partial charge < -0.3 is 10.6 Å². The third-order valence-electron chi connectivity index (χ3n) is 5.24. The molecule has 1 atom stereocenters. The van der Waals surface area contributed by atoms with E-state index in [4.69, 9.17) is 0 Å². The number of amides is 1. The second-order valence-corrected chi connectivity index (χ2v) is 8.81. The fraction of sp³-hybridized carbons (Fsp3) is 0.160. The van der Waals surface area contributed by atoms with Gasteiger partial charge in [0.25, 0.3) is 5.91 Å². The third kappa shape index (κ3) is 4.78. The van der Waals surface area contributed by atoms with Crippen LogP contribution in [0.2, 0.25) is 0 Å². The van der Waals surface area contributed by atoms with Crippen LogP contribution >= 0.6 is 11.3 Å². The number of anilines is 2. The number of carbonyl (C=O) groups excluding carboxylic acids is 2. The molecule has 2 aromatic carbocycles. The van der Waals surface area contributed by atoms with Crippen molar-refractivity contribution in [2.75, 3.05) is 5.32 Å². The highest BCUT2D eigenvalue weighted by Crippen LogP contribution is 2.29. The fourth-order valence-corrected chi connectivity index (χ4v) is 4.31. The van der Waals surface area contributed by atoms with Gasteiger partial charge in [-0.2, -0.15) is 5.10 Å². The first-order valence-electron chi connectivity index (χ1n) is 10.3. The van der Waals surface area contributed by atoms with Gasteiger partial charge in [-0.3, -0.25) is 14.3 Å². The molecule has 0 saturated heterocycles. The topological polar surface area (TPSA) is 76.0 Å². The average Bonchev–Trinajstić information content (AvgIpc) is 3.44. The van der Waals surface area contributed by atoms with Crippen molar-refractivity contribution >= 4 is 34.9 Å². The molecule has 2 aromatic heterocycles. The van der Waals surface area contributed by atoms with Crippen LogP contribution in [0.3, 0.4) is 0 Å². The summed E-state index contributed by atoms with van der Waals surface area (Å²) in [5, 5.41) is 10.5. The first-order valence-corrected chi connectivity index (χ1v) is 11.1. The zero-order valence-corrected chi connectivity index (χ0v) is 18.9. The van der Waals surface area contributed by atoms with E-state index < -0.39 is 0 Å². The van der Waals surface area contributed by atoms with Gasteiger partial charge in [0.05, 0.1) is 22.8 Å². The maximum absolute atomic E-state index is 13.1. The quantitative estimate of drug-likeness (QED) is 0.369. The first-order chi connectivity index (χ1) is 15.4. The summed E-state index contributed by atoms with van der Waals surface area (Å²) in [7, 11) is 1.86. The van der Waals surface area contributed by atoms with Crippen molar-refractivity contribution < 1.29 is 9.59 Å². The number of nitrogens with zero attached hydrogens (tertiary/aromatic N) is 2. The summed E-state index contributed by atoms with van der Waals surface area (Å²) in [4.78, 5) is 25.8. The summed E-state index contributed by atoms with van der Waals surface area (Å²) < 4.78 is 1.72. The largest absolute Gasteiger partial charge is 0.353 e. The molecule has 4 aromatic rings. The van der Waals surface area contributed by atoms with E-state index in [1.807, 2.05) is 75.6 Å². The highest BCUT2D eigenvalue weighted by atomic mass is 32.1. The zero-order chi connectivity index (χ0) is 22.7. The number of benzene rings is 2. The number of hydrogen-bond acceptors (Lipinski definition) is 5. The number of nitrogens with one attached hydrogen (secondary N) is 2. The number of carbonyl (C=O) groups is 2. The van der Waals surface area contributed by atoms with E-state index in [0.717, 1.165) is 39.2 Å². The fourth-order valence-electron chi connectivity index (χ4n) is 3.49. The van der Waals surface area contributed by atoms with Gasteiger partial charge in [-0.05, 0) is 60.9 Å². The number of aldehydes is 1. The number of rotatable bonds is 7. The zero-order valence-electron chi connectivity index (χ0n) is 18.1. The second-order valence-electron chi connectivity index (χ2n) is 7.70. The molecule has 162 valence electrons. The smallest absolute Gasteiger partial charge is 0.252 e. The Kier molecular flexibility index (Phi) is 6.18. The minimum Gasteiger partial charge on any atom is -0.353 e. The van der Waals surface area contributed by atoms with Gasteiger partial charge in [0.2, 0.25) is 0 Å². The molecule has 2 N–H and O–H groups in total. The van der Waals surface area contributed by atoms with Crippen LogP contribution in [0.15, 0.2) is 67.0 Å². The molecule has 0 fully saturated rings. The molecule has 7 heteroatoms. The average molecular weight is 445 g/mol. The normalized spacial score (nSPS) is 11.7. The Morgan fingerprint density at radius 1 is 1.12 bits per heavy atom. The lowest BCUT2D eigenvalue weighted by atomic mass is 10.0. The van der Waals surface area contributed by atoms with Crippen molar-refractivity contribution in [1.82, 2.24) is 15.1 Å². The van der Waals surface area contributed by atoms with E-state index in [1.165, 1.54) is 11.3 Å². The molecule has 0 aliphatic carbocycles. The van der Waals surface area contributed by atoms with Crippen molar-refractivity contribution in [1.29, 1.82) is 0 Å². The van der Waals surface area contributed by atoms with Gasteiger partial charge in [-0.1, -0.05) is 24.3 Å². The molecular formula is C25H24N4O2S. The molecule has 4 rings (SSSR count). The first kappa shape index (κ1) is 21.5. The molecule has 0 radical (unpaired) electrons. The second kappa shape index (κ2) is 9.20. The predicted octanol–water partition coefficient (Wildman–Crippen LogP) is 5.50. The Labute approximate surface area is 190 Å². The standard InChI is InChI=1S/C25H24N4O2S/c1-16-7-8-20(28-21-13-26-29(3)14-21)12-23(16)25(31)27-17(2)18-5-4-6-19(11-18)24-10-9-22(15-30)32-24/h4-15,17,28H,1-3H3,(H,27,31). The molecule has 0 spiro atoms. The number of hydrogen-bond donors (Lipinski definition) is 2. The Morgan fingerprint density at radius 2 is 1.97 bits per heavy atom. The Bertz CT molecular complexity index is 1270. The molecular weight excluding hydrogens is 420 g/mol. The van der Waals surface area contributed by atoms with Gasteiger partial charge in [0.1, 0.15) is 0 Å². The Hall–Kier alpha value is -3.71. The molecule has 0 aliphatic heterocycles. The third-order valence-corrected chi connectivity index (χ3v) is 6.30. The van der Waals surface area contributed by atoms with E-state index in [9.17, 15) is 9.59 Å². The number of aromatic nitrogens is 2. The van der Waals surface area contributed by atoms with Crippen molar-refractivity contribution in [3.05, 3.63) is 88.6 Å². The van der Waals surface area contributed by atoms with Gasteiger partial charge >= 0.3 is 0 Å². The molecule has 0 bridgehead atoms. The van der Waals surface area contributed by atoms with Crippen molar-refractivity contribution in [3.63, 3.8) is 0 Å². The minimum absolute atomic E-state index is 0.130. The lowest BCUT2D eigenvalue weighted by Gasteiger charge is -2.17. The van der Waals surface area contributed by atoms with Crippen LogP contribution in [0, 0.1) is 6.92 Å². The van der Waals surface area contributed by atoms with E-state index >= 15 is 0 Å². The van der Waals surface area contributed by atoms with E-state index in [0.29, 0.717) is 10.4 Å². The summed E-state index contributed by atoms with van der Waals surface area (Å²) in [5.41, 5.74) is 5.24. The van der Waals surface area contributed by atoms with Crippen molar-refractivity contribution in [2.45, 2.75) is 19.9 Å². The van der Waals surface area contributed by atoms with Crippen LogP contribution in [0.1, 0.15) is 44.1 Å². The number of thiophene rings is 1. The van der Waals surface area contributed by atoms with Crippen molar-refractivity contribution in [3.8, 4) is 10.4 Å². The summed E-state index contributed by atoms with van der Waals surface area (Å²) in [6, 6.07) is 17.3. The highest BCUT2D eigenvalue weighted by Gasteiger charge is 2.15. The van der Waals surface area contributed by atoms with Crippen LogP contribution in [0.4, 0.5) is 11.4 Å². The summed E-state index contributed by atoms with van der Waals surface area (Å²) in [6.45, 7) is 3.89. The van der Waals surface area contributed by atoms with Crippen LogP contribution in [0.5, 0.6) is 0 Å². The van der Waals surface area contributed by atoms with Gasteiger partial charge in [0.15, 0.2) is 6.29 Å². The molecule has 0 aliphatic rings. The van der Waals surface area contributed by atoms with E-state index in [1.54, 1.807) is 10.9 Å². The Morgan fingerprint density at radius 3 is 2.69 bits per heavy atom. The van der Waals surface area contributed by atoms with Gasteiger partial charge in [0, 0.05) is 29.4 Å². The molecule has 1 amide bonds. The summed E-state index contributed by atoms with van der Waals surface area (Å²) in [5.74, 6) is -0.130. The monoisotopic (exact) mass is 444 g/mol. The number of aryl methyl sites for hydroxylation is 2. The minimum atomic E-state index is -0.178. The van der Waals surface area contributed by atoms with Gasteiger partial charge in [-0.25, -0.2) is 0 Å². The molecule has 1 unspecified atom stereocenters. The maximum Gasteiger partial charge on any atom is 0.252 e. The lowest BCUT2D eigenvalue weighted by molar-refractivity contribution is 0.0939. The summed E-state index contributed by atoms with van der Waals surface area (Å²) >= 11 is 1.45. The summed E-state index contributed by atoms with van der Waals surface area (Å²) in [6.07, 6.45) is 4.47. The predicted molar refractivity (Wildman–Crippen MR) is 129 cm³/mol. The van der Waals surface area contributed by atoms with Crippen LogP contribution < -0.4 is 10.6 Å². The van der Waals surface area contributed by atoms with Crippen LogP contribution in [-0.2, 0) is 7.05 Å². The highest BCUT2D eigenvalue weighted by molar-refractivity contribution is 7.17. The molecule has 2 heterocycles. The molecule has 6 nitrogen and oxygen atoms in total. The lowest BCUT2D eigenvalue weighted by Crippen LogP contribution is -2.27. The van der Waals surface area contributed by atoms with E-state index in [2.05, 4.69) is 21.8 Å². The van der Waals surface area contributed by atoms with Crippen molar-refractivity contribution in [2.24, 2.45) is 7.05 Å². The molecule has 0 saturated carbocycles.